The van der Waals surface area contributed by atoms with E-state index in [1.165, 1.54) is 6.42 Å². The molecule has 0 unspecified atom stereocenters. The minimum absolute atomic E-state index is 0.191. The number of para-hydroxylation sites is 1. The maximum Gasteiger partial charge on any atom is 0.295 e. The average Bonchev–Trinajstić information content (AvgIpc) is 3.16. The Hall–Kier alpha value is -3.02. The number of amides is 1. The van der Waals surface area contributed by atoms with Gasteiger partial charge in [-0.2, -0.15) is 0 Å². The summed E-state index contributed by atoms with van der Waals surface area (Å²) in [5.41, 5.74) is 1.56. The quantitative estimate of drug-likeness (QED) is 0.709. The summed E-state index contributed by atoms with van der Waals surface area (Å²) in [5, 5.41) is 2.79. The topological polar surface area (TPSA) is 69.2 Å². The van der Waals surface area contributed by atoms with E-state index < -0.39 is 0 Å². The lowest BCUT2D eigenvalue weighted by Crippen LogP contribution is -2.23. The van der Waals surface area contributed by atoms with Gasteiger partial charge in [0.05, 0.1) is 11.4 Å². The standard InChI is InChI=1S/C22H25N3O3/c1-14-13-18(14)19-11-9-17(28-19)10-12-20(26)23-21-15(2)24(3)25(22(21)27)16-7-5-4-6-8-16/h4-9,11,14,18H,10,12-13H2,1-3H3,(H,23,26)/t14-,18-/m0/s1. The van der Waals surface area contributed by atoms with Crippen LogP contribution < -0.4 is 10.9 Å². The van der Waals surface area contributed by atoms with Crippen LogP contribution >= 0.6 is 0 Å². The van der Waals surface area contributed by atoms with Crippen molar-refractivity contribution in [3.8, 4) is 5.69 Å². The first-order chi connectivity index (χ1) is 13.5. The van der Waals surface area contributed by atoms with E-state index in [0.29, 0.717) is 29.6 Å². The van der Waals surface area contributed by atoms with E-state index in [1.807, 2.05) is 56.4 Å². The van der Waals surface area contributed by atoms with Gasteiger partial charge in [0.1, 0.15) is 17.2 Å². The van der Waals surface area contributed by atoms with Gasteiger partial charge in [-0.05, 0) is 43.5 Å². The van der Waals surface area contributed by atoms with E-state index in [-0.39, 0.29) is 17.9 Å². The largest absolute Gasteiger partial charge is 0.466 e. The Bertz CT molecular complexity index is 1060. The number of carbonyl (C=O) groups is 1. The molecule has 28 heavy (non-hydrogen) atoms. The molecule has 1 aliphatic rings. The predicted molar refractivity (Wildman–Crippen MR) is 108 cm³/mol. The van der Waals surface area contributed by atoms with Crippen molar-refractivity contribution < 1.29 is 9.21 Å². The molecule has 6 nitrogen and oxygen atoms in total. The van der Waals surface area contributed by atoms with Gasteiger partial charge in [-0.3, -0.25) is 14.3 Å². The molecule has 1 fully saturated rings. The van der Waals surface area contributed by atoms with E-state index in [2.05, 4.69) is 12.2 Å². The van der Waals surface area contributed by atoms with Crippen molar-refractivity contribution in [3.63, 3.8) is 0 Å². The van der Waals surface area contributed by atoms with Gasteiger partial charge in [-0.25, -0.2) is 4.68 Å². The molecule has 0 spiro atoms. The maximum absolute atomic E-state index is 12.8. The highest BCUT2D eigenvalue weighted by Gasteiger charge is 2.36. The van der Waals surface area contributed by atoms with Gasteiger partial charge < -0.3 is 9.73 Å². The SMILES string of the molecule is Cc1c(NC(=O)CCc2ccc([C@H]3C[C@@H]3C)o2)c(=O)n(-c2ccccc2)n1C. The molecule has 0 saturated heterocycles. The number of hydrogen-bond acceptors (Lipinski definition) is 3. The molecule has 1 aliphatic carbocycles. The second kappa shape index (κ2) is 7.19. The van der Waals surface area contributed by atoms with Crippen molar-refractivity contribution in [2.75, 3.05) is 5.32 Å². The van der Waals surface area contributed by atoms with E-state index in [0.717, 1.165) is 17.2 Å². The highest BCUT2D eigenvalue weighted by Crippen LogP contribution is 2.47. The summed E-state index contributed by atoms with van der Waals surface area (Å²) in [6.07, 6.45) is 1.96. The van der Waals surface area contributed by atoms with Crippen LogP contribution in [0, 0.1) is 12.8 Å². The third-order valence-corrected chi connectivity index (χ3v) is 5.57. The van der Waals surface area contributed by atoms with Crippen LogP contribution in [0.15, 0.2) is 51.7 Å². The van der Waals surface area contributed by atoms with Crippen LogP contribution in [-0.2, 0) is 18.3 Å². The smallest absolute Gasteiger partial charge is 0.295 e. The third-order valence-electron chi connectivity index (χ3n) is 5.57. The Balaban J connectivity index is 1.45. The Kier molecular flexibility index (Phi) is 4.71. The fraction of sp³-hybridized carbons (Fsp3) is 0.364. The summed E-state index contributed by atoms with van der Waals surface area (Å²) in [6, 6.07) is 13.3. The minimum atomic E-state index is -0.234. The molecule has 0 aliphatic heterocycles. The molecule has 3 aromatic rings. The maximum atomic E-state index is 12.8. The molecule has 2 heterocycles. The molecule has 0 bridgehead atoms. The normalized spacial score (nSPS) is 18.2. The third kappa shape index (κ3) is 3.42. The number of hydrogen-bond donors (Lipinski definition) is 1. The number of nitrogens with one attached hydrogen (secondary N) is 1. The Morgan fingerprint density at radius 3 is 2.61 bits per heavy atom. The van der Waals surface area contributed by atoms with Crippen LogP contribution in [0.1, 0.15) is 42.9 Å². The van der Waals surface area contributed by atoms with Crippen LogP contribution in [-0.4, -0.2) is 15.3 Å². The molecule has 6 heteroatoms. The van der Waals surface area contributed by atoms with Crippen molar-refractivity contribution in [3.05, 3.63) is 70.0 Å². The summed E-state index contributed by atoms with van der Waals surface area (Å²) in [6.45, 7) is 4.04. The first kappa shape index (κ1) is 18.3. The van der Waals surface area contributed by atoms with Crippen LogP contribution in [0.3, 0.4) is 0 Å². The summed E-state index contributed by atoms with van der Waals surface area (Å²) in [5.74, 6) is 2.87. The number of benzene rings is 1. The van der Waals surface area contributed by atoms with E-state index in [9.17, 15) is 9.59 Å². The monoisotopic (exact) mass is 379 g/mol. The Morgan fingerprint density at radius 1 is 1.21 bits per heavy atom. The molecule has 1 amide bonds. The second-order valence-corrected chi connectivity index (χ2v) is 7.61. The lowest BCUT2D eigenvalue weighted by Gasteiger charge is -2.07. The van der Waals surface area contributed by atoms with E-state index >= 15 is 0 Å². The zero-order valence-electron chi connectivity index (χ0n) is 16.4. The number of furan rings is 1. The molecule has 2 atom stereocenters. The van der Waals surface area contributed by atoms with Gasteiger partial charge in [0.15, 0.2) is 0 Å². The zero-order valence-corrected chi connectivity index (χ0v) is 16.4. The van der Waals surface area contributed by atoms with Gasteiger partial charge in [0.2, 0.25) is 5.91 Å². The Labute approximate surface area is 163 Å². The summed E-state index contributed by atoms with van der Waals surface area (Å²) >= 11 is 0. The molecular formula is C22H25N3O3. The van der Waals surface area contributed by atoms with Crippen LogP contribution in [0.25, 0.3) is 5.69 Å². The van der Waals surface area contributed by atoms with Crippen molar-refractivity contribution in [1.82, 2.24) is 9.36 Å². The van der Waals surface area contributed by atoms with Crippen LogP contribution in [0.4, 0.5) is 5.69 Å². The van der Waals surface area contributed by atoms with Gasteiger partial charge in [-0.1, -0.05) is 25.1 Å². The summed E-state index contributed by atoms with van der Waals surface area (Å²) in [7, 11) is 1.81. The highest BCUT2D eigenvalue weighted by molar-refractivity contribution is 5.91. The van der Waals surface area contributed by atoms with Crippen LogP contribution in [0.5, 0.6) is 0 Å². The number of carbonyl (C=O) groups excluding carboxylic acids is 1. The average molecular weight is 379 g/mol. The molecule has 4 rings (SSSR count). The second-order valence-electron chi connectivity index (χ2n) is 7.61. The number of aromatic nitrogens is 2. The van der Waals surface area contributed by atoms with Crippen molar-refractivity contribution >= 4 is 11.6 Å². The number of aryl methyl sites for hydroxylation is 1. The van der Waals surface area contributed by atoms with Gasteiger partial charge in [0.25, 0.3) is 5.56 Å². The number of anilines is 1. The lowest BCUT2D eigenvalue weighted by atomic mass is 10.2. The first-order valence-corrected chi connectivity index (χ1v) is 9.68. The molecule has 146 valence electrons. The predicted octanol–water partition coefficient (Wildman–Crippen LogP) is 3.77. The molecular weight excluding hydrogens is 354 g/mol. The lowest BCUT2D eigenvalue weighted by molar-refractivity contribution is -0.116. The fourth-order valence-corrected chi connectivity index (χ4v) is 3.60. The Morgan fingerprint density at radius 2 is 1.93 bits per heavy atom. The molecule has 0 radical (unpaired) electrons. The van der Waals surface area contributed by atoms with Crippen LogP contribution in [0.2, 0.25) is 0 Å². The van der Waals surface area contributed by atoms with Crippen molar-refractivity contribution in [2.45, 2.75) is 39.0 Å². The summed E-state index contributed by atoms with van der Waals surface area (Å²) < 4.78 is 9.17. The first-order valence-electron chi connectivity index (χ1n) is 9.68. The molecule has 1 aromatic carbocycles. The van der Waals surface area contributed by atoms with Gasteiger partial charge >= 0.3 is 0 Å². The summed E-state index contributed by atoms with van der Waals surface area (Å²) in [4.78, 5) is 25.3. The zero-order chi connectivity index (χ0) is 19.8. The molecule has 1 saturated carbocycles. The number of rotatable bonds is 6. The number of nitrogens with zero attached hydrogens (tertiary/aromatic N) is 2. The fourth-order valence-electron chi connectivity index (χ4n) is 3.60. The van der Waals surface area contributed by atoms with Gasteiger partial charge in [-0.15, -0.1) is 0 Å². The molecule has 2 aromatic heterocycles. The van der Waals surface area contributed by atoms with Crippen molar-refractivity contribution in [1.29, 1.82) is 0 Å². The minimum Gasteiger partial charge on any atom is -0.466 e. The van der Waals surface area contributed by atoms with Crippen molar-refractivity contribution in [2.24, 2.45) is 13.0 Å². The highest BCUT2D eigenvalue weighted by atomic mass is 16.3. The van der Waals surface area contributed by atoms with E-state index in [4.69, 9.17) is 4.42 Å². The molecule has 1 N–H and O–H groups in total. The van der Waals surface area contributed by atoms with E-state index in [1.54, 1.807) is 9.36 Å². The van der Waals surface area contributed by atoms with Gasteiger partial charge in [0, 0.05) is 25.8 Å².